The van der Waals surface area contributed by atoms with Crippen molar-refractivity contribution in [2.75, 3.05) is 13.7 Å². The van der Waals surface area contributed by atoms with Crippen LogP contribution in [0.4, 0.5) is 4.79 Å². The molecule has 1 aromatic heterocycles. The van der Waals surface area contributed by atoms with Crippen LogP contribution in [-0.4, -0.2) is 87.2 Å². The summed E-state index contributed by atoms with van der Waals surface area (Å²) in [5.41, 5.74) is -0.706. The van der Waals surface area contributed by atoms with E-state index in [0.717, 1.165) is 5.56 Å². The van der Waals surface area contributed by atoms with Crippen molar-refractivity contribution < 1.29 is 33.4 Å². The molecule has 0 saturated carbocycles. The Bertz CT molecular complexity index is 1330. The maximum absolute atomic E-state index is 13.8. The second-order valence-electron chi connectivity index (χ2n) is 12.4. The molecule has 13 heteroatoms. The zero-order chi connectivity index (χ0) is 32.7. The number of amides is 4. The van der Waals surface area contributed by atoms with Crippen LogP contribution in [-0.2, 0) is 48.5 Å². The summed E-state index contributed by atoms with van der Waals surface area (Å²) in [5, 5.41) is 8.12. The van der Waals surface area contributed by atoms with Gasteiger partial charge in [-0.05, 0) is 53.0 Å². The first-order valence-corrected chi connectivity index (χ1v) is 14.6. The Labute approximate surface area is 258 Å². The predicted octanol–water partition coefficient (Wildman–Crippen LogP) is 1.64. The van der Waals surface area contributed by atoms with Gasteiger partial charge in [0.25, 0.3) is 0 Å². The Kier molecular flexibility index (Phi) is 11.1. The fraction of sp³-hybridized carbons (Fsp3) is 0.548. The van der Waals surface area contributed by atoms with Crippen molar-refractivity contribution in [3.8, 4) is 0 Å². The Morgan fingerprint density at radius 2 is 1.68 bits per heavy atom. The number of nitrogens with one attached hydrogen (secondary N) is 3. The maximum atomic E-state index is 13.8. The summed E-state index contributed by atoms with van der Waals surface area (Å²) in [6.45, 7) is 8.52. The molecule has 240 valence electrons. The van der Waals surface area contributed by atoms with Gasteiger partial charge in [-0.15, -0.1) is 0 Å². The molecule has 2 heterocycles. The van der Waals surface area contributed by atoms with Gasteiger partial charge in [-0.25, -0.2) is 14.6 Å². The molecule has 0 bridgehead atoms. The number of likely N-dealkylation sites (tertiary alicyclic amines) is 1. The van der Waals surface area contributed by atoms with E-state index in [2.05, 4.69) is 20.9 Å². The molecule has 1 aliphatic rings. The van der Waals surface area contributed by atoms with Crippen molar-refractivity contribution in [2.45, 2.75) is 89.6 Å². The number of esters is 1. The molecule has 1 fully saturated rings. The zero-order valence-electron chi connectivity index (χ0n) is 26.5. The summed E-state index contributed by atoms with van der Waals surface area (Å²) in [6.07, 6.45) is 3.66. The first-order valence-electron chi connectivity index (χ1n) is 14.6. The Hall–Kier alpha value is -4.42. The van der Waals surface area contributed by atoms with Gasteiger partial charge in [0.05, 0.1) is 13.4 Å². The normalized spacial score (nSPS) is 16.4. The number of benzene rings is 1. The van der Waals surface area contributed by atoms with E-state index in [0.29, 0.717) is 25.1 Å². The average Bonchev–Trinajstić information content (AvgIpc) is 3.60. The molecule has 1 saturated heterocycles. The van der Waals surface area contributed by atoms with Crippen molar-refractivity contribution in [1.29, 1.82) is 0 Å². The van der Waals surface area contributed by atoms with Crippen LogP contribution >= 0.6 is 0 Å². The van der Waals surface area contributed by atoms with E-state index in [-0.39, 0.29) is 12.8 Å². The molecule has 0 spiro atoms. The van der Waals surface area contributed by atoms with Gasteiger partial charge in [-0.1, -0.05) is 30.3 Å². The first-order chi connectivity index (χ1) is 20.6. The lowest BCUT2D eigenvalue weighted by molar-refractivity contribution is -0.148. The second-order valence-corrected chi connectivity index (χ2v) is 12.4. The molecule has 0 aliphatic carbocycles. The number of nitrogens with zero attached hydrogens (tertiary/aromatic N) is 3. The predicted molar refractivity (Wildman–Crippen MR) is 161 cm³/mol. The number of hydrogen-bond acceptors (Lipinski definition) is 8. The van der Waals surface area contributed by atoms with Crippen LogP contribution in [0.1, 0.15) is 58.7 Å². The van der Waals surface area contributed by atoms with E-state index < -0.39 is 59.0 Å². The van der Waals surface area contributed by atoms with Gasteiger partial charge in [-0.3, -0.25) is 14.4 Å². The average molecular weight is 613 g/mol. The highest BCUT2D eigenvalue weighted by Crippen LogP contribution is 2.22. The zero-order valence-corrected chi connectivity index (χ0v) is 26.5. The fourth-order valence-corrected chi connectivity index (χ4v) is 4.99. The summed E-state index contributed by atoms with van der Waals surface area (Å²) in [4.78, 5) is 71.4. The maximum Gasteiger partial charge on any atom is 0.408 e. The van der Waals surface area contributed by atoms with Crippen LogP contribution < -0.4 is 16.0 Å². The first kappa shape index (κ1) is 34.1. The minimum atomic E-state index is -1.44. The standard InChI is InChI=1S/C31H44N6O7/c1-30(2,3)44-29(42)34-22(17-21-18-32-19-36(21)6)25(38)35-31(4,5)28(41)37-15-11-14-24(37)26(39)33-23(27(40)43-7)16-20-12-9-8-10-13-20/h8-10,12-13,18-19,22-24H,11,14-17H2,1-7H3,(H,33,39)(H,34,42)(H,35,38)/t22-,23-,24-/m0/s1. The number of methoxy groups -OCH3 is 1. The van der Waals surface area contributed by atoms with Crippen molar-refractivity contribution in [3.05, 3.63) is 54.1 Å². The molecule has 3 rings (SSSR count). The Balaban J connectivity index is 1.73. The minimum absolute atomic E-state index is 0.0942. The van der Waals surface area contributed by atoms with Crippen LogP contribution in [0.25, 0.3) is 0 Å². The molecule has 2 aromatic rings. The number of ether oxygens (including phenoxy) is 2. The van der Waals surface area contributed by atoms with Gasteiger partial charge in [0.1, 0.15) is 29.3 Å². The molecular weight excluding hydrogens is 568 g/mol. The Morgan fingerprint density at radius 1 is 1.00 bits per heavy atom. The third-order valence-electron chi connectivity index (χ3n) is 7.21. The summed E-state index contributed by atoms with van der Waals surface area (Å²) in [7, 11) is 3.02. The third-order valence-corrected chi connectivity index (χ3v) is 7.21. The number of alkyl carbamates (subject to hydrolysis) is 1. The lowest BCUT2D eigenvalue weighted by Gasteiger charge is -2.34. The van der Waals surface area contributed by atoms with Crippen LogP contribution in [0.15, 0.2) is 42.9 Å². The van der Waals surface area contributed by atoms with Gasteiger partial charge in [-0.2, -0.15) is 0 Å². The molecule has 0 radical (unpaired) electrons. The van der Waals surface area contributed by atoms with Gasteiger partial charge in [0.2, 0.25) is 17.7 Å². The summed E-state index contributed by atoms with van der Waals surface area (Å²) < 4.78 is 12.0. The van der Waals surface area contributed by atoms with Crippen molar-refractivity contribution in [2.24, 2.45) is 7.05 Å². The van der Waals surface area contributed by atoms with E-state index >= 15 is 0 Å². The third kappa shape index (κ3) is 9.29. The lowest BCUT2D eigenvalue weighted by atomic mass is 10.0. The smallest absolute Gasteiger partial charge is 0.408 e. The number of rotatable bonds is 11. The Morgan fingerprint density at radius 3 is 2.27 bits per heavy atom. The fourth-order valence-electron chi connectivity index (χ4n) is 4.99. The van der Waals surface area contributed by atoms with Gasteiger partial charge in [0.15, 0.2) is 0 Å². The van der Waals surface area contributed by atoms with E-state index in [1.165, 1.54) is 12.0 Å². The topological polar surface area (TPSA) is 161 Å². The number of carbonyl (C=O) groups excluding carboxylic acids is 5. The van der Waals surface area contributed by atoms with Crippen LogP contribution in [0.3, 0.4) is 0 Å². The van der Waals surface area contributed by atoms with E-state index in [1.54, 1.807) is 58.8 Å². The highest BCUT2D eigenvalue weighted by molar-refractivity contribution is 5.97. The quantitative estimate of drug-likeness (QED) is 0.323. The number of aryl methyl sites for hydroxylation is 1. The van der Waals surface area contributed by atoms with E-state index in [4.69, 9.17) is 9.47 Å². The second kappa shape index (κ2) is 14.4. The van der Waals surface area contributed by atoms with Gasteiger partial charge >= 0.3 is 12.1 Å². The van der Waals surface area contributed by atoms with Gasteiger partial charge < -0.3 is 34.9 Å². The molecule has 3 atom stereocenters. The molecule has 3 N–H and O–H groups in total. The number of carbonyl (C=O) groups is 5. The molecule has 1 aromatic carbocycles. The monoisotopic (exact) mass is 612 g/mol. The highest BCUT2D eigenvalue weighted by atomic mass is 16.6. The molecule has 13 nitrogen and oxygen atoms in total. The number of aromatic nitrogens is 2. The summed E-state index contributed by atoms with van der Waals surface area (Å²) in [5.74, 6) is -2.16. The van der Waals surface area contributed by atoms with Crippen LogP contribution in [0.2, 0.25) is 0 Å². The van der Waals surface area contributed by atoms with E-state index in [1.807, 2.05) is 30.3 Å². The summed E-state index contributed by atoms with van der Waals surface area (Å²) >= 11 is 0. The molecule has 4 amide bonds. The van der Waals surface area contributed by atoms with Crippen LogP contribution in [0.5, 0.6) is 0 Å². The van der Waals surface area contributed by atoms with Crippen LogP contribution in [0, 0.1) is 0 Å². The van der Waals surface area contributed by atoms with E-state index in [9.17, 15) is 24.0 Å². The number of imidazole rings is 1. The van der Waals surface area contributed by atoms with Gasteiger partial charge in [0, 0.05) is 38.3 Å². The van der Waals surface area contributed by atoms with Crippen molar-refractivity contribution in [3.63, 3.8) is 0 Å². The van der Waals surface area contributed by atoms with Crippen molar-refractivity contribution in [1.82, 2.24) is 30.4 Å². The SMILES string of the molecule is COC(=O)[C@H](Cc1ccccc1)NC(=O)[C@@H]1CCCN1C(=O)C(C)(C)NC(=O)[C@H](Cc1cncn1C)NC(=O)OC(C)(C)C. The molecule has 1 aliphatic heterocycles. The van der Waals surface area contributed by atoms with Crippen molar-refractivity contribution >= 4 is 29.8 Å². The molecule has 44 heavy (non-hydrogen) atoms. The largest absolute Gasteiger partial charge is 0.467 e. The molecular formula is C31H44N6O7. The highest BCUT2D eigenvalue weighted by Gasteiger charge is 2.43. The minimum Gasteiger partial charge on any atom is -0.467 e. The lowest BCUT2D eigenvalue weighted by Crippen LogP contribution is -2.62. The molecule has 0 unspecified atom stereocenters. The summed E-state index contributed by atoms with van der Waals surface area (Å²) in [6, 6.07) is 6.36. The number of hydrogen-bond donors (Lipinski definition) is 3.